The van der Waals surface area contributed by atoms with Crippen LogP contribution in [0.4, 0.5) is 13.2 Å². The molecule has 2 rings (SSSR count). The second-order valence-corrected chi connectivity index (χ2v) is 5.65. The number of esters is 1. The average molecular weight is 368 g/mol. The Bertz CT molecular complexity index is 654. The van der Waals surface area contributed by atoms with Crippen molar-refractivity contribution in [3.63, 3.8) is 0 Å². The van der Waals surface area contributed by atoms with Gasteiger partial charge in [-0.3, -0.25) is 0 Å². The van der Waals surface area contributed by atoms with Crippen molar-refractivity contribution < 1.29 is 22.7 Å². The second-order valence-electron chi connectivity index (χ2n) is 3.74. The summed E-state index contributed by atoms with van der Waals surface area (Å²) in [7, 11) is 0. The molecule has 20 heavy (non-hydrogen) atoms. The van der Waals surface area contributed by atoms with Crippen molar-refractivity contribution in [2.24, 2.45) is 0 Å². The van der Waals surface area contributed by atoms with Gasteiger partial charge in [-0.2, -0.15) is 13.2 Å². The summed E-state index contributed by atoms with van der Waals surface area (Å²) in [5, 5.41) is -0.202. The quantitative estimate of drug-likeness (QED) is 0.591. The zero-order valence-electron chi connectivity index (χ0n) is 10.2. The van der Waals surface area contributed by atoms with E-state index in [1.165, 1.54) is 16.7 Å². The molecule has 0 N–H and O–H groups in total. The normalized spacial score (nSPS) is 11.8. The number of carbonyl (C=O) groups is 1. The van der Waals surface area contributed by atoms with Crippen molar-refractivity contribution >= 4 is 39.2 Å². The van der Waals surface area contributed by atoms with Gasteiger partial charge in [0.25, 0.3) is 0 Å². The molecule has 0 saturated heterocycles. The summed E-state index contributed by atoms with van der Waals surface area (Å²) in [5.41, 5.74) is -4.11. The van der Waals surface area contributed by atoms with Crippen LogP contribution >= 0.6 is 27.7 Å². The summed E-state index contributed by atoms with van der Waals surface area (Å²) in [5.74, 6) is -0.769. The van der Waals surface area contributed by atoms with Gasteiger partial charge in [0.1, 0.15) is 5.03 Å². The van der Waals surface area contributed by atoms with Crippen molar-refractivity contribution in [2.45, 2.75) is 17.5 Å². The Balaban J connectivity index is 2.63. The lowest BCUT2D eigenvalue weighted by Gasteiger charge is -2.08. The summed E-state index contributed by atoms with van der Waals surface area (Å²) in [6.45, 7) is 1.70. The smallest absolute Gasteiger partial charge is 0.447 e. The zero-order chi connectivity index (χ0) is 14.9. The summed E-state index contributed by atoms with van der Waals surface area (Å²) in [4.78, 5) is 11.8. The number of halogens is 4. The molecule has 0 fully saturated rings. The molecular weight excluding hydrogens is 359 g/mol. The van der Waals surface area contributed by atoms with Crippen LogP contribution in [0.3, 0.4) is 0 Å². The number of carbonyl (C=O) groups excluding carboxylic acids is 1. The average Bonchev–Trinajstić information content (AvgIpc) is 2.68. The molecule has 0 atom stereocenters. The van der Waals surface area contributed by atoms with Gasteiger partial charge in [-0.15, -0.1) is 0 Å². The molecule has 0 aliphatic carbocycles. The van der Waals surface area contributed by atoms with Crippen LogP contribution in [0, 0.1) is 0 Å². The fourth-order valence-electron chi connectivity index (χ4n) is 1.71. The highest BCUT2D eigenvalue weighted by atomic mass is 79.9. The van der Waals surface area contributed by atoms with Gasteiger partial charge in [0.05, 0.1) is 17.7 Å². The topological polar surface area (TPSA) is 30.7 Å². The molecule has 0 aliphatic rings. The van der Waals surface area contributed by atoms with Crippen molar-refractivity contribution in [3.05, 3.63) is 34.4 Å². The van der Waals surface area contributed by atoms with Crippen LogP contribution in [0.2, 0.25) is 0 Å². The number of ether oxygens (including phenoxy) is 1. The molecule has 8 heteroatoms. The Hall–Kier alpha value is -1.15. The maximum Gasteiger partial charge on any atom is 0.447 e. The number of hydrogen-bond acceptors (Lipinski definition) is 3. The molecule has 0 amide bonds. The summed E-state index contributed by atoms with van der Waals surface area (Å²) < 4.78 is 44.7. The van der Waals surface area contributed by atoms with Crippen LogP contribution in [-0.2, 0) is 4.74 Å². The van der Waals surface area contributed by atoms with Crippen LogP contribution < -0.4 is 0 Å². The van der Waals surface area contributed by atoms with Crippen molar-refractivity contribution in [2.75, 3.05) is 6.61 Å². The van der Waals surface area contributed by atoms with E-state index in [2.05, 4.69) is 15.9 Å². The Morgan fingerprint density at radius 3 is 2.80 bits per heavy atom. The van der Waals surface area contributed by atoms with Gasteiger partial charge in [0.15, 0.2) is 0 Å². The third-order valence-electron chi connectivity index (χ3n) is 2.42. The first kappa shape index (κ1) is 15.2. The van der Waals surface area contributed by atoms with E-state index in [-0.39, 0.29) is 29.0 Å². The number of nitrogens with zero attached hydrogens (tertiary/aromatic N) is 1. The number of rotatable bonds is 3. The summed E-state index contributed by atoms with van der Waals surface area (Å²) in [6, 6.07) is 4.66. The number of pyridine rings is 1. The molecule has 0 spiro atoms. The Morgan fingerprint density at radius 2 is 2.20 bits per heavy atom. The molecular formula is C12H9BrF3NO2S. The lowest BCUT2D eigenvalue weighted by Crippen LogP contribution is -2.08. The molecule has 2 heterocycles. The third-order valence-corrected chi connectivity index (χ3v) is 3.93. The number of thioether (sulfide) groups is 1. The Kier molecular flexibility index (Phi) is 4.33. The minimum absolute atomic E-state index is 0.0962. The number of alkyl halides is 3. The highest BCUT2D eigenvalue weighted by molar-refractivity contribution is 9.10. The van der Waals surface area contributed by atoms with E-state index in [1.807, 2.05) is 0 Å². The van der Waals surface area contributed by atoms with Crippen molar-refractivity contribution in [1.29, 1.82) is 0 Å². The first-order valence-electron chi connectivity index (χ1n) is 5.56. The highest BCUT2D eigenvalue weighted by Gasteiger charge is 2.34. The summed E-state index contributed by atoms with van der Waals surface area (Å²) >= 11 is 2.92. The van der Waals surface area contributed by atoms with Crippen LogP contribution in [-0.4, -0.2) is 22.5 Å². The van der Waals surface area contributed by atoms with Crippen molar-refractivity contribution in [1.82, 2.24) is 4.40 Å². The van der Waals surface area contributed by atoms with E-state index in [9.17, 15) is 18.0 Å². The van der Waals surface area contributed by atoms with Gasteiger partial charge in [0.2, 0.25) is 0 Å². The van der Waals surface area contributed by atoms with Crippen LogP contribution in [0.5, 0.6) is 0 Å². The largest absolute Gasteiger partial charge is 0.462 e. The van der Waals surface area contributed by atoms with E-state index < -0.39 is 11.5 Å². The first-order valence-corrected chi connectivity index (χ1v) is 7.17. The van der Waals surface area contributed by atoms with Gasteiger partial charge in [-0.05, 0) is 41.1 Å². The predicted octanol–water partition coefficient (Wildman–Crippen LogP) is 4.49. The molecule has 0 bridgehead atoms. The number of fused-ring (bicyclic) bond motifs is 1. The van der Waals surface area contributed by atoms with E-state index >= 15 is 0 Å². The maximum absolute atomic E-state index is 12.7. The summed E-state index contributed by atoms with van der Waals surface area (Å²) in [6.07, 6.45) is 1.47. The number of aromatic nitrogens is 1. The van der Waals surface area contributed by atoms with E-state index in [0.717, 1.165) is 0 Å². The lowest BCUT2D eigenvalue weighted by atomic mass is 10.3. The van der Waals surface area contributed by atoms with Crippen molar-refractivity contribution in [3.8, 4) is 0 Å². The van der Waals surface area contributed by atoms with E-state index in [1.54, 1.807) is 19.1 Å². The molecule has 2 aromatic heterocycles. The SMILES string of the molecule is CCOC(=O)c1cc2c(Br)cccn2c1SC(F)(F)F. The predicted molar refractivity (Wildman–Crippen MR) is 73.0 cm³/mol. The minimum atomic E-state index is -4.49. The van der Waals surface area contributed by atoms with Gasteiger partial charge < -0.3 is 9.14 Å². The lowest BCUT2D eigenvalue weighted by molar-refractivity contribution is -0.0329. The standard InChI is InChI=1S/C12H9BrF3NO2S/c1-2-19-11(18)7-6-9-8(13)4-3-5-17(9)10(7)20-12(14,15)16/h3-6H,2H2,1H3. The molecule has 0 saturated carbocycles. The molecule has 0 aromatic carbocycles. The van der Waals surface area contributed by atoms with Gasteiger partial charge >= 0.3 is 11.5 Å². The Labute approximate surface area is 125 Å². The molecule has 108 valence electrons. The fourth-order valence-corrected chi connectivity index (χ4v) is 2.89. The van der Waals surface area contributed by atoms with Gasteiger partial charge in [-0.1, -0.05) is 0 Å². The molecule has 0 unspecified atom stereocenters. The zero-order valence-corrected chi connectivity index (χ0v) is 12.6. The fraction of sp³-hybridized carbons (Fsp3) is 0.250. The van der Waals surface area contributed by atoms with E-state index in [4.69, 9.17) is 4.74 Å². The Morgan fingerprint density at radius 1 is 1.50 bits per heavy atom. The highest BCUT2D eigenvalue weighted by Crippen LogP contribution is 2.40. The monoisotopic (exact) mass is 367 g/mol. The maximum atomic E-state index is 12.7. The van der Waals surface area contributed by atoms with Gasteiger partial charge in [-0.25, -0.2) is 4.79 Å². The molecule has 0 aliphatic heterocycles. The van der Waals surface area contributed by atoms with Crippen LogP contribution in [0.25, 0.3) is 5.52 Å². The molecule has 0 radical (unpaired) electrons. The van der Waals surface area contributed by atoms with Crippen LogP contribution in [0.1, 0.15) is 17.3 Å². The van der Waals surface area contributed by atoms with E-state index in [0.29, 0.717) is 9.99 Å². The third kappa shape index (κ3) is 3.12. The first-order chi connectivity index (χ1) is 9.33. The van der Waals surface area contributed by atoms with Crippen LogP contribution in [0.15, 0.2) is 33.9 Å². The number of hydrogen-bond donors (Lipinski definition) is 0. The molecule has 3 nitrogen and oxygen atoms in total. The molecule has 2 aromatic rings. The van der Waals surface area contributed by atoms with Gasteiger partial charge in [0, 0.05) is 22.4 Å². The second kappa shape index (κ2) is 5.69. The minimum Gasteiger partial charge on any atom is -0.462 e.